The molecule has 1 unspecified atom stereocenters. The molecule has 2 aromatic rings. The lowest BCUT2D eigenvalue weighted by Gasteiger charge is -2.24. The van der Waals surface area contributed by atoms with Crippen molar-refractivity contribution in [2.45, 2.75) is 19.5 Å². The summed E-state index contributed by atoms with van der Waals surface area (Å²) in [5.74, 6) is -0.529. The van der Waals surface area contributed by atoms with Gasteiger partial charge in [-0.25, -0.2) is 4.39 Å². The van der Waals surface area contributed by atoms with Gasteiger partial charge in [0.2, 0.25) is 5.91 Å². The summed E-state index contributed by atoms with van der Waals surface area (Å²) >= 11 is 0. The van der Waals surface area contributed by atoms with E-state index in [1.165, 1.54) is 36.4 Å². The molecule has 7 heteroatoms. The van der Waals surface area contributed by atoms with Crippen LogP contribution in [0, 0.1) is 15.9 Å². The standard InChI is InChI=1S/C17H18FN3O3/c1-12(20(2)11-13-3-5-14(18)6-4-13)17(22)19-15-7-9-16(10-8-15)21(23)24/h3-10,12H,11H2,1-2H3,(H,19,22). The second kappa shape index (κ2) is 7.65. The molecule has 0 aromatic heterocycles. The van der Waals surface area contributed by atoms with Crippen molar-refractivity contribution in [3.63, 3.8) is 0 Å². The first-order chi connectivity index (χ1) is 11.4. The smallest absolute Gasteiger partial charge is 0.269 e. The Morgan fingerprint density at radius 1 is 1.21 bits per heavy atom. The fraction of sp³-hybridized carbons (Fsp3) is 0.235. The molecule has 0 saturated carbocycles. The van der Waals surface area contributed by atoms with Gasteiger partial charge in [-0.15, -0.1) is 0 Å². The van der Waals surface area contributed by atoms with E-state index >= 15 is 0 Å². The highest BCUT2D eigenvalue weighted by molar-refractivity contribution is 5.94. The van der Waals surface area contributed by atoms with Crippen LogP contribution in [0.4, 0.5) is 15.8 Å². The van der Waals surface area contributed by atoms with Gasteiger partial charge >= 0.3 is 0 Å². The van der Waals surface area contributed by atoms with E-state index in [1.807, 2.05) is 4.90 Å². The van der Waals surface area contributed by atoms with Crippen molar-refractivity contribution in [3.8, 4) is 0 Å². The van der Waals surface area contributed by atoms with Gasteiger partial charge in [0, 0.05) is 24.4 Å². The van der Waals surface area contributed by atoms with Crippen molar-refractivity contribution in [1.29, 1.82) is 0 Å². The number of amides is 1. The molecular formula is C17H18FN3O3. The molecule has 0 aliphatic heterocycles. The largest absolute Gasteiger partial charge is 0.325 e. The molecule has 6 nitrogen and oxygen atoms in total. The summed E-state index contributed by atoms with van der Waals surface area (Å²) in [5, 5.41) is 13.3. The van der Waals surface area contributed by atoms with Crippen LogP contribution in [0.1, 0.15) is 12.5 Å². The first-order valence-electron chi connectivity index (χ1n) is 7.37. The number of rotatable bonds is 6. The molecule has 24 heavy (non-hydrogen) atoms. The van der Waals surface area contributed by atoms with Crippen LogP contribution in [-0.2, 0) is 11.3 Å². The second-order valence-corrected chi connectivity index (χ2v) is 5.51. The summed E-state index contributed by atoms with van der Waals surface area (Å²) in [7, 11) is 1.80. The lowest BCUT2D eigenvalue weighted by molar-refractivity contribution is -0.384. The highest BCUT2D eigenvalue weighted by Crippen LogP contribution is 2.16. The number of benzene rings is 2. The molecule has 2 rings (SSSR count). The van der Waals surface area contributed by atoms with Crippen molar-refractivity contribution in [3.05, 3.63) is 70.0 Å². The van der Waals surface area contributed by atoms with Crippen LogP contribution in [0.5, 0.6) is 0 Å². The Bertz CT molecular complexity index is 717. The topological polar surface area (TPSA) is 75.5 Å². The van der Waals surface area contributed by atoms with Crippen LogP contribution < -0.4 is 5.32 Å². The van der Waals surface area contributed by atoms with Crippen molar-refractivity contribution < 1.29 is 14.1 Å². The van der Waals surface area contributed by atoms with E-state index in [0.29, 0.717) is 12.2 Å². The predicted octanol–water partition coefficient (Wildman–Crippen LogP) is 3.19. The zero-order valence-corrected chi connectivity index (χ0v) is 13.4. The minimum atomic E-state index is -0.495. The molecule has 1 amide bonds. The molecule has 0 radical (unpaired) electrons. The molecule has 1 atom stereocenters. The highest BCUT2D eigenvalue weighted by atomic mass is 19.1. The number of likely N-dealkylation sites (N-methyl/N-ethyl adjacent to an activating group) is 1. The fourth-order valence-corrected chi connectivity index (χ4v) is 2.13. The molecule has 0 aliphatic carbocycles. The minimum Gasteiger partial charge on any atom is -0.325 e. The summed E-state index contributed by atoms with van der Waals surface area (Å²) in [6.45, 7) is 2.25. The maximum absolute atomic E-state index is 12.9. The molecule has 126 valence electrons. The Hall–Kier alpha value is -2.80. The van der Waals surface area contributed by atoms with E-state index in [-0.39, 0.29) is 17.4 Å². The summed E-state index contributed by atoms with van der Waals surface area (Å²) in [6, 6.07) is 11.3. The number of non-ortho nitro benzene ring substituents is 1. The van der Waals surface area contributed by atoms with E-state index in [2.05, 4.69) is 5.32 Å². The Kier molecular flexibility index (Phi) is 5.59. The van der Waals surface area contributed by atoms with Crippen LogP contribution in [0.2, 0.25) is 0 Å². The van der Waals surface area contributed by atoms with Gasteiger partial charge < -0.3 is 5.32 Å². The SMILES string of the molecule is CC(C(=O)Nc1ccc([N+](=O)[O-])cc1)N(C)Cc1ccc(F)cc1. The van der Waals surface area contributed by atoms with Crippen LogP contribution >= 0.6 is 0 Å². The number of anilines is 1. The normalized spacial score (nSPS) is 12.0. The molecule has 0 saturated heterocycles. The van der Waals surface area contributed by atoms with Crippen LogP contribution in [0.3, 0.4) is 0 Å². The van der Waals surface area contributed by atoms with Crippen molar-refractivity contribution >= 4 is 17.3 Å². The number of nitrogens with one attached hydrogen (secondary N) is 1. The van der Waals surface area contributed by atoms with E-state index in [9.17, 15) is 19.3 Å². The second-order valence-electron chi connectivity index (χ2n) is 5.51. The Morgan fingerprint density at radius 3 is 2.33 bits per heavy atom. The van der Waals surface area contributed by atoms with Gasteiger partial charge in [0.05, 0.1) is 11.0 Å². The lowest BCUT2D eigenvalue weighted by atomic mass is 10.2. The molecule has 0 fully saturated rings. The van der Waals surface area contributed by atoms with Gasteiger partial charge in [0.1, 0.15) is 5.82 Å². The predicted molar refractivity (Wildman–Crippen MR) is 89.1 cm³/mol. The average Bonchev–Trinajstić information content (AvgIpc) is 2.56. The third-order valence-corrected chi connectivity index (χ3v) is 3.73. The summed E-state index contributed by atoms with van der Waals surface area (Å²) < 4.78 is 12.9. The third-order valence-electron chi connectivity index (χ3n) is 3.73. The fourth-order valence-electron chi connectivity index (χ4n) is 2.13. The monoisotopic (exact) mass is 331 g/mol. The van der Waals surface area contributed by atoms with Gasteiger partial charge in [0.15, 0.2) is 0 Å². The number of nitrogens with zero attached hydrogens (tertiary/aromatic N) is 2. The average molecular weight is 331 g/mol. The van der Waals surface area contributed by atoms with Crippen LogP contribution in [0.15, 0.2) is 48.5 Å². The lowest BCUT2D eigenvalue weighted by Crippen LogP contribution is -2.39. The minimum absolute atomic E-state index is 0.0329. The van der Waals surface area contributed by atoms with Gasteiger partial charge in [-0.2, -0.15) is 0 Å². The Balaban J connectivity index is 1.95. The molecular weight excluding hydrogens is 313 g/mol. The van der Waals surface area contributed by atoms with Crippen molar-refractivity contribution in [1.82, 2.24) is 4.90 Å². The molecule has 0 aliphatic rings. The van der Waals surface area contributed by atoms with Crippen LogP contribution in [-0.4, -0.2) is 28.8 Å². The quantitative estimate of drug-likeness (QED) is 0.651. The first-order valence-corrected chi connectivity index (χ1v) is 7.37. The Morgan fingerprint density at radius 2 is 1.79 bits per heavy atom. The molecule has 0 bridgehead atoms. The van der Waals surface area contributed by atoms with E-state index in [1.54, 1.807) is 26.1 Å². The summed E-state index contributed by atoms with van der Waals surface area (Å²) in [5.41, 5.74) is 1.36. The van der Waals surface area contributed by atoms with Crippen LogP contribution in [0.25, 0.3) is 0 Å². The van der Waals surface area contributed by atoms with Crippen molar-refractivity contribution in [2.75, 3.05) is 12.4 Å². The zero-order valence-electron chi connectivity index (χ0n) is 13.4. The highest BCUT2D eigenvalue weighted by Gasteiger charge is 2.18. The van der Waals surface area contributed by atoms with E-state index in [0.717, 1.165) is 5.56 Å². The number of nitro groups is 1. The maximum atomic E-state index is 12.9. The van der Waals surface area contributed by atoms with E-state index < -0.39 is 11.0 Å². The maximum Gasteiger partial charge on any atom is 0.269 e. The zero-order chi connectivity index (χ0) is 17.7. The number of hydrogen-bond acceptors (Lipinski definition) is 4. The first kappa shape index (κ1) is 17.6. The molecule has 0 heterocycles. The van der Waals surface area contributed by atoms with Crippen molar-refractivity contribution in [2.24, 2.45) is 0 Å². The number of hydrogen-bond donors (Lipinski definition) is 1. The Labute approximate surface area is 139 Å². The number of carbonyl (C=O) groups excluding carboxylic acids is 1. The van der Waals surface area contributed by atoms with Gasteiger partial charge in [-0.05, 0) is 43.8 Å². The van der Waals surface area contributed by atoms with Gasteiger partial charge in [-0.1, -0.05) is 12.1 Å². The number of nitro benzene ring substituents is 1. The van der Waals surface area contributed by atoms with Gasteiger partial charge in [0.25, 0.3) is 5.69 Å². The third kappa shape index (κ3) is 4.60. The molecule has 1 N–H and O–H groups in total. The molecule has 2 aromatic carbocycles. The molecule has 0 spiro atoms. The van der Waals surface area contributed by atoms with E-state index in [4.69, 9.17) is 0 Å². The number of carbonyl (C=O) groups is 1. The number of halogens is 1. The summed E-state index contributed by atoms with van der Waals surface area (Å²) in [4.78, 5) is 24.2. The summed E-state index contributed by atoms with van der Waals surface area (Å²) in [6.07, 6.45) is 0. The van der Waals surface area contributed by atoms with Gasteiger partial charge in [-0.3, -0.25) is 19.8 Å².